The standard InChI is InChI=1S/C11H16O2S/c1-2-9-3-4-10(14-9)7-11(12)5-6-13-8-11/h3-4,12H,2,5-8H2,1H3. The Morgan fingerprint density at radius 3 is 2.86 bits per heavy atom. The molecule has 14 heavy (non-hydrogen) atoms. The van der Waals surface area contributed by atoms with Crippen LogP contribution in [0.5, 0.6) is 0 Å². The topological polar surface area (TPSA) is 29.5 Å². The molecular weight excluding hydrogens is 196 g/mol. The Labute approximate surface area is 88.5 Å². The number of rotatable bonds is 3. The quantitative estimate of drug-likeness (QED) is 0.830. The Hall–Kier alpha value is -0.380. The Bertz CT molecular complexity index is 300. The maximum atomic E-state index is 10.1. The van der Waals surface area contributed by atoms with E-state index in [1.807, 2.05) is 0 Å². The fourth-order valence-electron chi connectivity index (χ4n) is 1.77. The zero-order chi connectivity index (χ0) is 10.0. The van der Waals surface area contributed by atoms with Gasteiger partial charge in [0, 0.05) is 29.2 Å². The normalized spacial score (nSPS) is 27.0. The SMILES string of the molecule is CCc1ccc(CC2(O)CCOC2)s1. The highest BCUT2D eigenvalue weighted by Crippen LogP contribution is 2.27. The van der Waals surface area contributed by atoms with E-state index in [0.29, 0.717) is 13.2 Å². The van der Waals surface area contributed by atoms with Crippen LogP contribution in [0.2, 0.25) is 0 Å². The summed E-state index contributed by atoms with van der Waals surface area (Å²) < 4.78 is 5.22. The molecular formula is C11H16O2S. The van der Waals surface area contributed by atoms with E-state index < -0.39 is 5.60 Å². The number of hydrogen-bond donors (Lipinski definition) is 1. The van der Waals surface area contributed by atoms with Crippen LogP contribution in [0.25, 0.3) is 0 Å². The van der Waals surface area contributed by atoms with Crippen molar-refractivity contribution in [3.63, 3.8) is 0 Å². The van der Waals surface area contributed by atoms with E-state index in [0.717, 1.165) is 19.3 Å². The molecule has 3 heteroatoms. The predicted molar refractivity (Wildman–Crippen MR) is 57.8 cm³/mol. The van der Waals surface area contributed by atoms with Crippen LogP contribution in [0.15, 0.2) is 12.1 Å². The molecule has 2 rings (SSSR count). The summed E-state index contributed by atoms with van der Waals surface area (Å²) in [4.78, 5) is 2.66. The van der Waals surface area contributed by atoms with Gasteiger partial charge in [0.2, 0.25) is 0 Å². The second-order valence-electron chi connectivity index (χ2n) is 3.93. The van der Waals surface area contributed by atoms with Crippen LogP contribution >= 0.6 is 11.3 Å². The molecule has 0 aromatic carbocycles. The fourth-order valence-corrected chi connectivity index (χ4v) is 2.86. The van der Waals surface area contributed by atoms with E-state index in [-0.39, 0.29) is 0 Å². The summed E-state index contributed by atoms with van der Waals surface area (Å²) in [5, 5.41) is 10.1. The zero-order valence-corrected chi connectivity index (χ0v) is 9.27. The van der Waals surface area contributed by atoms with Crippen LogP contribution in [0.3, 0.4) is 0 Å². The van der Waals surface area contributed by atoms with Gasteiger partial charge in [-0.25, -0.2) is 0 Å². The number of hydrogen-bond acceptors (Lipinski definition) is 3. The summed E-state index contributed by atoms with van der Waals surface area (Å²) in [5.74, 6) is 0. The summed E-state index contributed by atoms with van der Waals surface area (Å²) in [7, 11) is 0. The zero-order valence-electron chi connectivity index (χ0n) is 8.45. The highest BCUT2D eigenvalue weighted by Gasteiger charge is 2.32. The number of ether oxygens (including phenoxy) is 1. The average molecular weight is 212 g/mol. The third kappa shape index (κ3) is 2.16. The van der Waals surface area contributed by atoms with E-state index >= 15 is 0 Å². The van der Waals surface area contributed by atoms with Crippen molar-refractivity contribution in [3.05, 3.63) is 21.9 Å². The molecule has 1 aromatic rings. The van der Waals surface area contributed by atoms with Gasteiger partial charge in [-0.2, -0.15) is 0 Å². The van der Waals surface area contributed by atoms with Crippen LogP contribution < -0.4 is 0 Å². The van der Waals surface area contributed by atoms with Gasteiger partial charge in [-0.3, -0.25) is 0 Å². The Morgan fingerprint density at radius 2 is 2.29 bits per heavy atom. The van der Waals surface area contributed by atoms with Gasteiger partial charge < -0.3 is 9.84 Å². The predicted octanol–water partition coefficient (Wildman–Crippen LogP) is 2.00. The Kier molecular flexibility index (Phi) is 2.91. The molecule has 1 unspecified atom stereocenters. The minimum Gasteiger partial charge on any atom is -0.387 e. The smallest absolute Gasteiger partial charge is 0.0949 e. The molecule has 78 valence electrons. The number of thiophene rings is 1. The van der Waals surface area contributed by atoms with Crippen molar-refractivity contribution in [2.24, 2.45) is 0 Å². The van der Waals surface area contributed by atoms with Crippen LogP contribution in [0, 0.1) is 0 Å². The maximum Gasteiger partial charge on any atom is 0.0949 e. The van der Waals surface area contributed by atoms with Gasteiger partial charge in [-0.15, -0.1) is 11.3 Å². The molecule has 1 atom stereocenters. The van der Waals surface area contributed by atoms with Crippen LogP contribution in [-0.4, -0.2) is 23.9 Å². The first-order chi connectivity index (χ1) is 6.72. The van der Waals surface area contributed by atoms with Crippen LogP contribution in [0.1, 0.15) is 23.1 Å². The first kappa shape index (κ1) is 10.1. The summed E-state index contributed by atoms with van der Waals surface area (Å²) in [6.07, 6.45) is 2.60. The third-order valence-corrected chi connectivity index (χ3v) is 3.88. The lowest BCUT2D eigenvalue weighted by atomic mass is 9.98. The van der Waals surface area contributed by atoms with E-state index in [2.05, 4.69) is 19.1 Å². The highest BCUT2D eigenvalue weighted by molar-refractivity contribution is 7.12. The lowest BCUT2D eigenvalue weighted by Crippen LogP contribution is -2.31. The maximum absolute atomic E-state index is 10.1. The number of aryl methyl sites for hydroxylation is 1. The molecule has 1 saturated heterocycles. The van der Waals surface area contributed by atoms with Gasteiger partial charge in [-0.1, -0.05) is 6.92 Å². The van der Waals surface area contributed by atoms with Crippen molar-refractivity contribution >= 4 is 11.3 Å². The molecule has 0 amide bonds. The highest BCUT2D eigenvalue weighted by atomic mass is 32.1. The summed E-state index contributed by atoms with van der Waals surface area (Å²) in [5.41, 5.74) is -0.601. The third-order valence-electron chi connectivity index (χ3n) is 2.65. The molecule has 0 spiro atoms. The first-order valence-corrected chi connectivity index (χ1v) is 5.91. The second kappa shape index (κ2) is 4.01. The molecule has 1 aromatic heterocycles. The van der Waals surface area contributed by atoms with Crippen LogP contribution in [0.4, 0.5) is 0 Å². The molecule has 0 bridgehead atoms. The fraction of sp³-hybridized carbons (Fsp3) is 0.636. The number of aliphatic hydroxyl groups is 1. The van der Waals surface area contributed by atoms with Crippen molar-refractivity contribution in [1.29, 1.82) is 0 Å². The first-order valence-electron chi connectivity index (χ1n) is 5.09. The lowest BCUT2D eigenvalue weighted by Gasteiger charge is -2.18. The van der Waals surface area contributed by atoms with Crippen molar-refractivity contribution in [2.45, 2.75) is 31.8 Å². The van der Waals surface area contributed by atoms with Crippen molar-refractivity contribution in [3.8, 4) is 0 Å². The summed E-state index contributed by atoms with van der Waals surface area (Å²) in [6, 6.07) is 4.28. The van der Waals surface area contributed by atoms with E-state index in [1.54, 1.807) is 11.3 Å². The van der Waals surface area contributed by atoms with Gasteiger partial charge in [-0.05, 0) is 18.6 Å². The minimum atomic E-state index is -0.601. The molecule has 2 nitrogen and oxygen atoms in total. The monoisotopic (exact) mass is 212 g/mol. The van der Waals surface area contributed by atoms with Crippen molar-refractivity contribution in [2.75, 3.05) is 13.2 Å². The van der Waals surface area contributed by atoms with Gasteiger partial charge in [0.1, 0.15) is 0 Å². The molecule has 0 aliphatic carbocycles. The van der Waals surface area contributed by atoms with Crippen molar-refractivity contribution < 1.29 is 9.84 Å². The molecule has 0 radical (unpaired) electrons. The Balaban J connectivity index is 2.02. The van der Waals surface area contributed by atoms with E-state index in [9.17, 15) is 5.11 Å². The molecule has 1 aliphatic heterocycles. The summed E-state index contributed by atoms with van der Waals surface area (Å²) in [6.45, 7) is 3.35. The van der Waals surface area contributed by atoms with E-state index in [1.165, 1.54) is 9.75 Å². The van der Waals surface area contributed by atoms with Gasteiger partial charge in [0.25, 0.3) is 0 Å². The van der Waals surface area contributed by atoms with Gasteiger partial charge in [0.05, 0.1) is 12.2 Å². The largest absolute Gasteiger partial charge is 0.387 e. The lowest BCUT2D eigenvalue weighted by molar-refractivity contribution is 0.0277. The minimum absolute atomic E-state index is 0.492. The second-order valence-corrected chi connectivity index (χ2v) is 5.18. The molecule has 1 aliphatic rings. The average Bonchev–Trinajstić information content (AvgIpc) is 2.75. The van der Waals surface area contributed by atoms with Crippen molar-refractivity contribution in [1.82, 2.24) is 0 Å². The van der Waals surface area contributed by atoms with Gasteiger partial charge in [0.15, 0.2) is 0 Å². The summed E-state index contributed by atoms with van der Waals surface area (Å²) >= 11 is 1.80. The molecule has 2 heterocycles. The Morgan fingerprint density at radius 1 is 1.50 bits per heavy atom. The molecule has 1 fully saturated rings. The van der Waals surface area contributed by atoms with Gasteiger partial charge >= 0.3 is 0 Å². The van der Waals surface area contributed by atoms with Crippen LogP contribution in [-0.2, 0) is 17.6 Å². The molecule has 1 N–H and O–H groups in total. The molecule has 0 saturated carbocycles. The van der Waals surface area contributed by atoms with E-state index in [4.69, 9.17) is 4.74 Å².